The minimum Gasteiger partial charge on any atom is -0.480 e. The molecule has 0 aliphatic rings. The van der Waals surface area contributed by atoms with Gasteiger partial charge in [-0.15, -0.1) is 0 Å². The Balaban J connectivity index is 2.83. The summed E-state index contributed by atoms with van der Waals surface area (Å²) in [4.78, 5) is 33.0. The average Bonchev–Trinajstić information content (AvgIpc) is 2.76. The third-order valence-electron chi connectivity index (χ3n) is 2.88. The number of carboxylic acids is 1. The lowest BCUT2D eigenvalue weighted by Crippen LogP contribution is -2.41. The van der Waals surface area contributed by atoms with E-state index >= 15 is 0 Å². The number of amides is 1. The van der Waals surface area contributed by atoms with Gasteiger partial charge in [0.05, 0.1) is 11.1 Å². The molecule has 0 aliphatic carbocycles. The number of nitrogens with zero attached hydrogens (tertiary/aromatic N) is 2. The lowest BCUT2D eigenvalue weighted by Gasteiger charge is -2.14. The highest BCUT2D eigenvalue weighted by Crippen LogP contribution is 2.15. The van der Waals surface area contributed by atoms with Gasteiger partial charge >= 0.3 is 5.97 Å². The molecule has 1 amide bonds. The number of aliphatic carboxylic acids is 1. The predicted molar refractivity (Wildman–Crippen MR) is 70.5 cm³/mol. The minimum absolute atomic E-state index is 0.0550. The van der Waals surface area contributed by atoms with Crippen molar-refractivity contribution in [1.29, 1.82) is 0 Å². The third-order valence-corrected chi connectivity index (χ3v) is 2.88. The van der Waals surface area contributed by atoms with Crippen LogP contribution < -0.4 is 5.32 Å². The van der Waals surface area contributed by atoms with Crippen LogP contribution in [0.5, 0.6) is 0 Å². The van der Waals surface area contributed by atoms with E-state index in [-0.39, 0.29) is 11.4 Å². The zero-order chi connectivity index (χ0) is 15.3. The Morgan fingerprint density at radius 3 is 2.65 bits per heavy atom. The number of aromatic nitrogens is 1. The van der Waals surface area contributed by atoms with Gasteiger partial charge in [-0.3, -0.25) is 14.9 Å². The van der Waals surface area contributed by atoms with Gasteiger partial charge in [-0.1, -0.05) is 19.8 Å². The van der Waals surface area contributed by atoms with Crippen molar-refractivity contribution in [3.05, 3.63) is 28.1 Å². The average molecular weight is 283 g/mol. The second-order valence-corrected chi connectivity index (χ2v) is 4.46. The van der Waals surface area contributed by atoms with E-state index in [4.69, 9.17) is 5.11 Å². The fourth-order valence-corrected chi connectivity index (χ4v) is 1.77. The molecule has 0 spiro atoms. The Hall–Kier alpha value is -2.38. The van der Waals surface area contributed by atoms with Crippen molar-refractivity contribution in [1.82, 2.24) is 9.88 Å². The molecule has 1 heterocycles. The molecule has 0 bridgehead atoms. The summed E-state index contributed by atoms with van der Waals surface area (Å²) in [7, 11) is 1.49. The predicted octanol–water partition coefficient (Wildman–Crippen LogP) is 1.31. The monoisotopic (exact) mass is 283 g/mol. The standard InChI is InChI=1S/C12H17N3O5/c1-3-4-5-9(12(17)18)13-11(16)10-6-8(15(19)20)7-14(10)2/h6-7,9H,3-5H2,1-2H3,(H,13,16)(H,17,18). The molecule has 1 unspecified atom stereocenters. The van der Waals surface area contributed by atoms with Crippen LogP contribution in [0.25, 0.3) is 0 Å². The maximum absolute atomic E-state index is 12.0. The first-order valence-electron chi connectivity index (χ1n) is 6.21. The van der Waals surface area contributed by atoms with E-state index in [1.54, 1.807) is 0 Å². The highest BCUT2D eigenvalue weighted by molar-refractivity contribution is 5.96. The lowest BCUT2D eigenvalue weighted by atomic mass is 10.1. The van der Waals surface area contributed by atoms with E-state index in [1.165, 1.54) is 17.8 Å². The molecule has 1 atom stereocenters. The van der Waals surface area contributed by atoms with Crippen LogP contribution in [0.4, 0.5) is 5.69 Å². The highest BCUT2D eigenvalue weighted by Gasteiger charge is 2.23. The SMILES string of the molecule is CCCCC(NC(=O)c1cc([N+](=O)[O-])cn1C)C(=O)O. The van der Waals surface area contributed by atoms with Gasteiger partial charge in [0.1, 0.15) is 11.7 Å². The van der Waals surface area contributed by atoms with Gasteiger partial charge in [0.15, 0.2) is 0 Å². The molecule has 1 aromatic rings. The molecular formula is C12H17N3O5. The lowest BCUT2D eigenvalue weighted by molar-refractivity contribution is -0.384. The third kappa shape index (κ3) is 3.81. The van der Waals surface area contributed by atoms with Crippen molar-refractivity contribution in [2.45, 2.75) is 32.2 Å². The summed E-state index contributed by atoms with van der Waals surface area (Å²) in [5, 5.41) is 22.0. The summed E-state index contributed by atoms with van der Waals surface area (Å²) in [5.74, 6) is -1.75. The summed E-state index contributed by atoms with van der Waals surface area (Å²) in [5.41, 5.74) is -0.155. The Morgan fingerprint density at radius 2 is 2.20 bits per heavy atom. The van der Waals surface area contributed by atoms with Crippen LogP contribution in [-0.4, -0.2) is 32.5 Å². The second-order valence-electron chi connectivity index (χ2n) is 4.46. The van der Waals surface area contributed by atoms with Crippen molar-refractivity contribution in [2.24, 2.45) is 7.05 Å². The number of carbonyl (C=O) groups is 2. The quantitative estimate of drug-likeness (QED) is 0.578. The second kappa shape index (κ2) is 6.69. The van der Waals surface area contributed by atoms with E-state index in [1.807, 2.05) is 6.92 Å². The summed E-state index contributed by atoms with van der Waals surface area (Å²) in [6.45, 7) is 1.92. The largest absolute Gasteiger partial charge is 0.480 e. The zero-order valence-electron chi connectivity index (χ0n) is 11.3. The number of hydrogen-bond donors (Lipinski definition) is 2. The number of unbranched alkanes of at least 4 members (excludes halogenated alkanes) is 1. The van der Waals surface area contributed by atoms with Crippen LogP contribution in [0.1, 0.15) is 36.7 Å². The molecule has 2 N–H and O–H groups in total. The molecule has 20 heavy (non-hydrogen) atoms. The fourth-order valence-electron chi connectivity index (χ4n) is 1.77. The number of aryl methyl sites for hydroxylation is 1. The van der Waals surface area contributed by atoms with Gasteiger partial charge in [-0.25, -0.2) is 4.79 Å². The van der Waals surface area contributed by atoms with Gasteiger partial charge in [0.2, 0.25) is 0 Å². The Kier molecular flexibility index (Phi) is 5.24. The molecule has 0 saturated heterocycles. The normalized spacial score (nSPS) is 11.9. The minimum atomic E-state index is -1.12. The summed E-state index contributed by atoms with van der Waals surface area (Å²) >= 11 is 0. The van der Waals surface area contributed by atoms with Crippen molar-refractivity contribution in [2.75, 3.05) is 0 Å². The first-order chi connectivity index (χ1) is 9.36. The van der Waals surface area contributed by atoms with Crippen molar-refractivity contribution in [3.63, 3.8) is 0 Å². The Bertz CT molecular complexity index is 523. The van der Waals surface area contributed by atoms with Crippen molar-refractivity contribution < 1.29 is 19.6 Å². The van der Waals surface area contributed by atoms with Crippen LogP contribution >= 0.6 is 0 Å². The number of nitrogens with one attached hydrogen (secondary N) is 1. The molecule has 110 valence electrons. The van der Waals surface area contributed by atoms with Crippen LogP contribution in [0.3, 0.4) is 0 Å². The van der Waals surface area contributed by atoms with Crippen molar-refractivity contribution >= 4 is 17.6 Å². The molecule has 1 rings (SSSR count). The smallest absolute Gasteiger partial charge is 0.326 e. The Labute approximate surface area is 115 Å². The number of rotatable bonds is 7. The van der Waals surface area contributed by atoms with Gasteiger partial charge in [-0.05, 0) is 6.42 Å². The van der Waals surface area contributed by atoms with E-state index in [2.05, 4.69) is 5.32 Å². The van der Waals surface area contributed by atoms with Crippen LogP contribution in [-0.2, 0) is 11.8 Å². The summed E-state index contributed by atoms with van der Waals surface area (Å²) in [6.07, 6.45) is 3.01. The molecule has 0 aromatic carbocycles. The summed E-state index contributed by atoms with van der Waals surface area (Å²) in [6, 6.07) is 0.130. The van der Waals surface area contributed by atoms with Crippen LogP contribution in [0, 0.1) is 10.1 Å². The number of carboxylic acid groups (broad SMARTS) is 1. The fraction of sp³-hybridized carbons (Fsp3) is 0.500. The van der Waals surface area contributed by atoms with Crippen molar-refractivity contribution in [3.8, 4) is 0 Å². The zero-order valence-corrected chi connectivity index (χ0v) is 11.3. The molecule has 8 nitrogen and oxygen atoms in total. The molecule has 8 heteroatoms. The Morgan fingerprint density at radius 1 is 1.55 bits per heavy atom. The highest BCUT2D eigenvalue weighted by atomic mass is 16.6. The first-order valence-corrected chi connectivity index (χ1v) is 6.21. The summed E-state index contributed by atoms with van der Waals surface area (Å²) < 4.78 is 1.30. The first kappa shape index (κ1) is 15.7. The van der Waals surface area contributed by atoms with E-state index in [9.17, 15) is 19.7 Å². The van der Waals surface area contributed by atoms with Gasteiger partial charge in [0, 0.05) is 13.1 Å². The van der Waals surface area contributed by atoms with Gasteiger partial charge < -0.3 is 15.0 Å². The van der Waals surface area contributed by atoms with Crippen LogP contribution in [0.2, 0.25) is 0 Å². The van der Waals surface area contributed by atoms with E-state index < -0.39 is 22.8 Å². The van der Waals surface area contributed by atoms with Crippen LogP contribution in [0.15, 0.2) is 12.3 Å². The van der Waals surface area contributed by atoms with E-state index in [0.29, 0.717) is 12.8 Å². The molecule has 0 radical (unpaired) electrons. The molecule has 0 saturated carbocycles. The topological polar surface area (TPSA) is 114 Å². The number of hydrogen-bond acceptors (Lipinski definition) is 4. The molecular weight excluding hydrogens is 266 g/mol. The van der Waals surface area contributed by atoms with E-state index in [0.717, 1.165) is 12.5 Å². The molecule has 1 aromatic heterocycles. The number of nitro groups is 1. The van der Waals surface area contributed by atoms with Gasteiger partial charge in [-0.2, -0.15) is 0 Å². The molecule has 0 aliphatic heterocycles. The maximum atomic E-state index is 12.0. The number of carbonyl (C=O) groups excluding carboxylic acids is 1. The van der Waals surface area contributed by atoms with Gasteiger partial charge in [0.25, 0.3) is 11.6 Å². The maximum Gasteiger partial charge on any atom is 0.326 e. The molecule has 0 fully saturated rings.